The van der Waals surface area contributed by atoms with Crippen LogP contribution in [0.3, 0.4) is 0 Å². The van der Waals surface area contributed by atoms with E-state index < -0.39 is 0 Å². The fourth-order valence-electron chi connectivity index (χ4n) is 4.39. The van der Waals surface area contributed by atoms with Crippen molar-refractivity contribution in [2.75, 3.05) is 13.1 Å². The first-order valence-electron chi connectivity index (χ1n) is 9.37. The molecule has 0 unspecified atom stereocenters. The van der Waals surface area contributed by atoms with E-state index in [2.05, 4.69) is 45.7 Å². The molecule has 1 aromatic carbocycles. The number of aromatic nitrogens is 3. The number of hydrogen-bond acceptors (Lipinski definition) is 2. The second-order valence-corrected chi connectivity index (χ2v) is 7.26. The van der Waals surface area contributed by atoms with Gasteiger partial charge in [0.2, 0.25) is 5.91 Å². The molecule has 5 nitrogen and oxygen atoms in total. The van der Waals surface area contributed by atoms with Crippen molar-refractivity contribution in [1.29, 1.82) is 0 Å². The molecule has 0 saturated carbocycles. The second kappa shape index (κ2) is 6.16. The number of carbonyl (C=O) groups is 1. The lowest BCUT2D eigenvalue weighted by Crippen LogP contribution is -2.38. The van der Waals surface area contributed by atoms with Gasteiger partial charge in [-0.3, -0.25) is 9.89 Å². The first-order chi connectivity index (χ1) is 12.8. The molecule has 3 heterocycles. The Hall–Kier alpha value is -2.82. The third kappa shape index (κ3) is 2.46. The zero-order chi connectivity index (χ0) is 17.5. The van der Waals surface area contributed by atoms with Crippen LogP contribution < -0.4 is 0 Å². The summed E-state index contributed by atoms with van der Waals surface area (Å²) in [7, 11) is 0. The molecule has 1 aliphatic heterocycles. The van der Waals surface area contributed by atoms with Gasteiger partial charge in [0, 0.05) is 47.0 Å². The summed E-state index contributed by atoms with van der Waals surface area (Å²) in [4.78, 5) is 18.4. The Morgan fingerprint density at radius 3 is 3.04 bits per heavy atom. The molecule has 1 atom stereocenters. The lowest BCUT2D eigenvalue weighted by Gasteiger charge is -2.31. The van der Waals surface area contributed by atoms with Crippen LogP contribution in [-0.2, 0) is 11.2 Å². The van der Waals surface area contributed by atoms with Gasteiger partial charge in [0.05, 0.1) is 12.1 Å². The van der Waals surface area contributed by atoms with Crippen molar-refractivity contribution in [3.05, 3.63) is 59.6 Å². The van der Waals surface area contributed by atoms with Crippen LogP contribution in [0.1, 0.15) is 42.0 Å². The Labute approximate surface area is 152 Å². The molecular formula is C21H22N4O. The average molecular weight is 346 g/mol. The topological polar surface area (TPSA) is 64.8 Å². The molecule has 26 heavy (non-hydrogen) atoms. The second-order valence-electron chi connectivity index (χ2n) is 7.26. The fourth-order valence-corrected chi connectivity index (χ4v) is 4.39. The van der Waals surface area contributed by atoms with E-state index in [9.17, 15) is 4.79 Å². The number of carbonyl (C=O) groups excluding carboxylic acids is 1. The first kappa shape index (κ1) is 15.4. The molecule has 1 aliphatic carbocycles. The molecule has 5 heteroatoms. The smallest absolute Gasteiger partial charge is 0.230 e. The fraction of sp³-hybridized carbons (Fsp3) is 0.333. The number of H-pyrrole nitrogens is 2. The predicted octanol–water partition coefficient (Wildman–Crippen LogP) is 3.63. The Bertz CT molecular complexity index is 996. The van der Waals surface area contributed by atoms with Crippen molar-refractivity contribution in [1.82, 2.24) is 20.1 Å². The van der Waals surface area contributed by atoms with E-state index in [1.54, 1.807) is 0 Å². The van der Waals surface area contributed by atoms with Gasteiger partial charge in [-0.1, -0.05) is 24.3 Å². The molecule has 0 radical (unpaired) electrons. The molecule has 0 spiro atoms. The maximum Gasteiger partial charge on any atom is 0.230 e. The molecule has 0 bridgehead atoms. The Morgan fingerprint density at radius 1 is 1.23 bits per heavy atom. The van der Waals surface area contributed by atoms with E-state index in [0.717, 1.165) is 49.0 Å². The van der Waals surface area contributed by atoms with Gasteiger partial charge in [-0.2, -0.15) is 5.10 Å². The van der Waals surface area contributed by atoms with Gasteiger partial charge >= 0.3 is 0 Å². The number of amides is 1. The zero-order valence-electron chi connectivity index (χ0n) is 14.7. The summed E-state index contributed by atoms with van der Waals surface area (Å²) in [5, 5.41) is 8.46. The molecule has 0 fully saturated rings. The molecule has 1 amide bonds. The van der Waals surface area contributed by atoms with Crippen molar-refractivity contribution in [2.24, 2.45) is 0 Å². The average Bonchev–Trinajstić information content (AvgIpc) is 3.34. The summed E-state index contributed by atoms with van der Waals surface area (Å²) < 4.78 is 0. The van der Waals surface area contributed by atoms with Crippen LogP contribution in [0.2, 0.25) is 0 Å². The highest BCUT2D eigenvalue weighted by Crippen LogP contribution is 2.34. The minimum atomic E-state index is -0.0273. The van der Waals surface area contributed by atoms with Crippen molar-refractivity contribution < 1.29 is 4.79 Å². The van der Waals surface area contributed by atoms with Crippen LogP contribution in [0, 0.1) is 0 Å². The van der Waals surface area contributed by atoms with Crippen molar-refractivity contribution in [3.8, 4) is 0 Å². The van der Waals surface area contributed by atoms with Crippen molar-refractivity contribution >= 4 is 22.4 Å². The third-order valence-corrected chi connectivity index (χ3v) is 5.80. The van der Waals surface area contributed by atoms with Crippen LogP contribution >= 0.6 is 0 Å². The molecule has 2 aliphatic rings. The lowest BCUT2D eigenvalue weighted by molar-refractivity contribution is -0.132. The SMILES string of the molecule is O=C([C@@H]1CCCc2[nH]ncc21)N1CC=C(c2c[nH]c3ccccc23)CC1. The highest BCUT2D eigenvalue weighted by Gasteiger charge is 2.31. The number of rotatable bonds is 2. The van der Waals surface area contributed by atoms with E-state index in [-0.39, 0.29) is 11.8 Å². The van der Waals surface area contributed by atoms with E-state index >= 15 is 0 Å². The minimum absolute atomic E-state index is 0.0273. The monoisotopic (exact) mass is 346 g/mol. The van der Waals surface area contributed by atoms with Gasteiger partial charge in [0.25, 0.3) is 0 Å². The minimum Gasteiger partial charge on any atom is -0.361 e. The number of aromatic amines is 2. The summed E-state index contributed by atoms with van der Waals surface area (Å²) in [5.41, 5.74) is 6.01. The van der Waals surface area contributed by atoms with E-state index in [0.29, 0.717) is 6.54 Å². The van der Waals surface area contributed by atoms with Crippen LogP contribution in [-0.4, -0.2) is 39.1 Å². The van der Waals surface area contributed by atoms with Gasteiger partial charge in [0.1, 0.15) is 0 Å². The molecule has 132 valence electrons. The van der Waals surface area contributed by atoms with Crippen molar-refractivity contribution in [2.45, 2.75) is 31.6 Å². The Morgan fingerprint density at radius 2 is 2.15 bits per heavy atom. The summed E-state index contributed by atoms with van der Waals surface area (Å²) in [5.74, 6) is 0.224. The Balaban J connectivity index is 1.36. The largest absolute Gasteiger partial charge is 0.361 e. The van der Waals surface area contributed by atoms with Gasteiger partial charge in [-0.15, -0.1) is 0 Å². The van der Waals surface area contributed by atoms with Gasteiger partial charge < -0.3 is 9.88 Å². The molecule has 3 aromatic rings. The quantitative estimate of drug-likeness (QED) is 0.744. The van der Waals surface area contributed by atoms with Gasteiger partial charge in [-0.25, -0.2) is 0 Å². The molecule has 2 aromatic heterocycles. The van der Waals surface area contributed by atoms with Crippen LogP contribution in [0.5, 0.6) is 0 Å². The molecule has 0 saturated heterocycles. The molecule has 2 N–H and O–H groups in total. The highest BCUT2D eigenvalue weighted by atomic mass is 16.2. The number of nitrogens with one attached hydrogen (secondary N) is 2. The summed E-state index contributed by atoms with van der Waals surface area (Å²) in [6.07, 6.45) is 10.0. The number of fused-ring (bicyclic) bond motifs is 2. The van der Waals surface area contributed by atoms with Crippen molar-refractivity contribution in [3.63, 3.8) is 0 Å². The maximum absolute atomic E-state index is 13.1. The van der Waals surface area contributed by atoms with E-state index in [4.69, 9.17) is 0 Å². The van der Waals surface area contributed by atoms with Gasteiger partial charge in [0.15, 0.2) is 0 Å². The molecular weight excluding hydrogens is 324 g/mol. The standard InChI is InChI=1S/C21H22N4O/c26-21(16-5-3-7-20-18(16)13-23-24-20)25-10-8-14(9-11-25)17-12-22-19-6-2-1-4-15(17)19/h1-2,4,6,8,12-13,16,22H,3,5,7,9-11H2,(H,23,24)/t16-/m1/s1. The first-order valence-corrected chi connectivity index (χ1v) is 9.37. The Kier molecular flexibility index (Phi) is 3.66. The van der Waals surface area contributed by atoms with E-state index in [1.807, 2.05) is 17.2 Å². The van der Waals surface area contributed by atoms with Crippen LogP contribution in [0.15, 0.2) is 42.7 Å². The summed E-state index contributed by atoms with van der Waals surface area (Å²) in [6.45, 7) is 1.48. The normalized spacial score (nSPS) is 20.1. The van der Waals surface area contributed by atoms with Gasteiger partial charge in [-0.05, 0) is 37.3 Å². The number of aryl methyl sites for hydroxylation is 1. The predicted molar refractivity (Wildman–Crippen MR) is 102 cm³/mol. The molecule has 5 rings (SSSR count). The zero-order valence-corrected chi connectivity index (χ0v) is 14.7. The van der Waals surface area contributed by atoms with E-state index in [1.165, 1.54) is 16.5 Å². The van der Waals surface area contributed by atoms with Crippen LogP contribution in [0.4, 0.5) is 0 Å². The highest BCUT2D eigenvalue weighted by molar-refractivity contribution is 5.93. The number of hydrogen-bond donors (Lipinski definition) is 2. The number of benzene rings is 1. The summed E-state index contributed by atoms with van der Waals surface area (Å²) in [6, 6.07) is 8.38. The number of nitrogens with zero attached hydrogens (tertiary/aromatic N) is 2. The summed E-state index contributed by atoms with van der Waals surface area (Å²) >= 11 is 0. The van der Waals surface area contributed by atoms with Crippen LogP contribution in [0.25, 0.3) is 16.5 Å². The maximum atomic E-state index is 13.1. The lowest BCUT2D eigenvalue weighted by atomic mass is 9.85. The number of para-hydroxylation sites is 1. The third-order valence-electron chi connectivity index (χ3n) is 5.80.